The monoisotopic (exact) mass is 387 g/mol. The number of unbranched alkanes of at least 4 members (excludes halogenated alkanes) is 1. The Morgan fingerprint density at radius 2 is 2.04 bits per heavy atom. The highest BCUT2D eigenvalue weighted by Crippen LogP contribution is 2.21. The first-order chi connectivity index (χ1) is 12.1. The summed E-state index contributed by atoms with van der Waals surface area (Å²) in [5.74, 6) is 1.38. The molecule has 2 N–H and O–H groups in total. The first-order valence-electron chi connectivity index (χ1n) is 10.4. The Morgan fingerprint density at radius 1 is 1.23 bits per heavy atom. The molecule has 2 aliphatic heterocycles. The van der Waals surface area contributed by atoms with Gasteiger partial charge < -0.3 is 15.5 Å². The zero-order valence-electron chi connectivity index (χ0n) is 16.6. The molecule has 5 nitrogen and oxygen atoms in total. The van der Waals surface area contributed by atoms with Gasteiger partial charge in [0.15, 0.2) is 0 Å². The number of halogens is 1. The molecular formula is C20H38ClN3O2. The van der Waals surface area contributed by atoms with Gasteiger partial charge in [0.05, 0.1) is 6.04 Å². The second kappa shape index (κ2) is 12.6. The molecule has 152 valence electrons. The summed E-state index contributed by atoms with van der Waals surface area (Å²) in [6.07, 6.45) is 9.56. The van der Waals surface area contributed by atoms with E-state index in [1.807, 2.05) is 4.90 Å². The third-order valence-corrected chi connectivity index (χ3v) is 5.82. The highest BCUT2D eigenvalue weighted by Gasteiger charge is 2.27. The SMILES string of the molecule is CCCCC(CC)CC(=O)N1CCCC(CNC(=O)C2CCCN2)C1.Cl. The first-order valence-corrected chi connectivity index (χ1v) is 10.4. The summed E-state index contributed by atoms with van der Waals surface area (Å²) < 4.78 is 0. The van der Waals surface area contributed by atoms with Crippen molar-refractivity contribution in [1.82, 2.24) is 15.5 Å². The molecule has 0 spiro atoms. The van der Waals surface area contributed by atoms with Crippen LogP contribution < -0.4 is 10.6 Å². The minimum Gasteiger partial charge on any atom is -0.354 e. The quantitative estimate of drug-likeness (QED) is 0.639. The van der Waals surface area contributed by atoms with Gasteiger partial charge in [-0.3, -0.25) is 9.59 Å². The second-order valence-corrected chi connectivity index (χ2v) is 7.86. The van der Waals surface area contributed by atoms with E-state index < -0.39 is 0 Å². The first kappa shape index (κ1) is 23.2. The Labute approximate surface area is 165 Å². The fourth-order valence-corrected chi connectivity index (χ4v) is 4.05. The molecule has 0 aromatic heterocycles. The zero-order chi connectivity index (χ0) is 18.1. The molecule has 2 heterocycles. The average molecular weight is 388 g/mol. The van der Waals surface area contributed by atoms with Crippen LogP contribution in [0.5, 0.6) is 0 Å². The van der Waals surface area contributed by atoms with Gasteiger partial charge in [0.1, 0.15) is 0 Å². The Hall–Kier alpha value is -0.810. The normalized spacial score (nSPS) is 24.0. The molecule has 2 aliphatic rings. The standard InChI is InChI=1S/C20H37N3O2.ClH/c1-3-5-8-16(4-2)13-19(24)23-12-7-9-17(15-23)14-22-20(25)18-10-6-11-21-18;/h16-18,21H,3-15H2,1-2H3,(H,22,25);1H. The molecule has 2 rings (SSSR count). The maximum Gasteiger partial charge on any atom is 0.237 e. The zero-order valence-corrected chi connectivity index (χ0v) is 17.4. The van der Waals surface area contributed by atoms with Crippen molar-refractivity contribution >= 4 is 24.2 Å². The predicted molar refractivity (Wildman–Crippen MR) is 109 cm³/mol. The number of hydrogen-bond acceptors (Lipinski definition) is 3. The molecule has 2 amide bonds. The van der Waals surface area contributed by atoms with Crippen LogP contribution in [0.15, 0.2) is 0 Å². The number of nitrogens with one attached hydrogen (secondary N) is 2. The summed E-state index contributed by atoms with van der Waals surface area (Å²) in [6.45, 7) is 7.74. The summed E-state index contributed by atoms with van der Waals surface area (Å²) in [6, 6.07) is -0.00907. The highest BCUT2D eigenvalue weighted by molar-refractivity contribution is 5.85. The molecule has 0 bridgehead atoms. The summed E-state index contributed by atoms with van der Waals surface area (Å²) in [4.78, 5) is 26.8. The third kappa shape index (κ3) is 7.43. The van der Waals surface area contributed by atoms with Gasteiger partial charge in [-0.25, -0.2) is 0 Å². The number of amides is 2. The molecule has 6 heteroatoms. The molecule has 0 aliphatic carbocycles. The van der Waals surface area contributed by atoms with Crippen LogP contribution in [0.2, 0.25) is 0 Å². The van der Waals surface area contributed by atoms with Crippen molar-refractivity contribution < 1.29 is 9.59 Å². The number of piperidine rings is 1. The molecule has 26 heavy (non-hydrogen) atoms. The van der Waals surface area contributed by atoms with Crippen molar-refractivity contribution in [3.8, 4) is 0 Å². The molecule has 0 aromatic rings. The Kier molecular flexibility index (Phi) is 11.2. The Balaban J connectivity index is 0.00000338. The van der Waals surface area contributed by atoms with Crippen molar-refractivity contribution in [3.63, 3.8) is 0 Å². The van der Waals surface area contributed by atoms with E-state index in [9.17, 15) is 9.59 Å². The van der Waals surface area contributed by atoms with Gasteiger partial charge >= 0.3 is 0 Å². The van der Waals surface area contributed by atoms with E-state index in [4.69, 9.17) is 0 Å². The molecule has 2 saturated heterocycles. The van der Waals surface area contributed by atoms with E-state index in [2.05, 4.69) is 24.5 Å². The second-order valence-electron chi connectivity index (χ2n) is 7.86. The number of likely N-dealkylation sites (tertiary alicyclic amines) is 1. The third-order valence-electron chi connectivity index (χ3n) is 5.82. The molecular weight excluding hydrogens is 350 g/mol. The molecule has 0 radical (unpaired) electrons. The fraction of sp³-hybridized carbons (Fsp3) is 0.900. The maximum absolute atomic E-state index is 12.7. The van der Waals surface area contributed by atoms with Gasteiger partial charge in [0.2, 0.25) is 11.8 Å². The van der Waals surface area contributed by atoms with Crippen LogP contribution in [-0.4, -0.2) is 48.9 Å². The smallest absolute Gasteiger partial charge is 0.237 e. The van der Waals surface area contributed by atoms with Crippen molar-refractivity contribution in [2.24, 2.45) is 11.8 Å². The van der Waals surface area contributed by atoms with Crippen molar-refractivity contribution in [3.05, 3.63) is 0 Å². The molecule has 0 saturated carbocycles. The van der Waals surface area contributed by atoms with Crippen molar-refractivity contribution in [2.75, 3.05) is 26.2 Å². The Bertz CT molecular complexity index is 427. The minimum atomic E-state index is -0.00907. The van der Waals surface area contributed by atoms with E-state index in [1.165, 1.54) is 19.3 Å². The van der Waals surface area contributed by atoms with Crippen LogP contribution in [0, 0.1) is 11.8 Å². The van der Waals surface area contributed by atoms with Crippen LogP contribution >= 0.6 is 12.4 Å². The van der Waals surface area contributed by atoms with E-state index in [-0.39, 0.29) is 24.4 Å². The summed E-state index contributed by atoms with van der Waals surface area (Å²) in [5, 5.41) is 6.33. The van der Waals surface area contributed by atoms with Gasteiger partial charge in [-0.1, -0.05) is 33.1 Å². The lowest BCUT2D eigenvalue weighted by molar-refractivity contribution is -0.134. The number of carbonyl (C=O) groups is 2. The van der Waals surface area contributed by atoms with Crippen LogP contribution in [0.1, 0.15) is 71.6 Å². The van der Waals surface area contributed by atoms with Crippen molar-refractivity contribution in [2.45, 2.75) is 77.7 Å². The van der Waals surface area contributed by atoms with Gasteiger partial charge in [-0.2, -0.15) is 0 Å². The van der Waals surface area contributed by atoms with Crippen LogP contribution in [0.4, 0.5) is 0 Å². The summed E-state index contributed by atoms with van der Waals surface area (Å²) in [5.41, 5.74) is 0. The lowest BCUT2D eigenvalue weighted by Crippen LogP contribution is -2.47. The topological polar surface area (TPSA) is 61.4 Å². The lowest BCUT2D eigenvalue weighted by Gasteiger charge is -2.34. The minimum absolute atomic E-state index is 0. The van der Waals surface area contributed by atoms with E-state index in [0.717, 1.165) is 51.7 Å². The fourth-order valence-electron chi connectivity index (χ4n) is 4.05. The van der Waals surface area contributed by atoms with Crippen LogP contribution in [0.3, 0.4) is 0 Å². The molecule has 0 aromatic carbocycles. The van der Waals surface area contributed by atoms with Crippen LogP contribution in [0.25, 0.3) is 0 Å². The number of carbonyl (C=O) groups excluding carboxylic acids is 2. The Morgan fingerprint density at radius 3 is 2.69 bits per heavy atom. The summed E-state index contributed by atoms with van der Waals surface area (Å²) in [7, 11) is 0. The predicted octanol–water partition coefficient (Wildman–Crippen LogP) is 3.12. The number of nitrogens with zero attached hydrogens (tertiary/aromatic N) is 1. The largest absolute Gasteiger partial charge is 0.354 e. The van der Waals surface area contributed by atoms with Crippen LogP contribution in [-0.2, 0) is 9.59 Å². The van der Waals surface area contributed by atoms with E-state index >= 15 is 0 Å². The molecule has 3 atom stereocenters. The van der Waals surface area contributed by atoms with E-state index in [1.54, 1.807) is 0 Å². The number of rotatable bonds is 9. The van der Waals surface area contributed by atoms with Crippen molar-refractivity contribution in [1.29, 1.82) is 0 Å². The molecule has 3 unspecified atom stereocenters. The van der Waals surface area contributed by atoms with Gasteiger partial charge in [-0.15, -0.1) is 12.4 Å². The average Bonchev–Trinajstić information content (AvgIpc) is 3.18. The van der Waals surface area contributed by atoms with Gasteiger partial charge in [-0.05, 0) is 50.5 Å². The lowest BCUT2D eigenvalue weighted by atomic mass is 9.93. The van der Waals surface area contributed by atoms with Gasteiger partial charge in [0, 0.05) is 26.1 Å². The van der Waals surface area contributed by atoms with E-state index in [0.29, 0.717) is 30.7 Å². The molecule has 2 fully saturated rings. The highest BCUT2D eigenvalue weighted by atomic mass is 35.5. The maximum atomic E-state index is 12.7. The van der Waals surface area contributed by atoms with Gasteiger partial charge in [0.25, 0.3) is 0 Å². The summed E-state index contributed by atoms with van der Waals surface area (Å²) >= 11 is 0. The number of hydrogen-bond donors (Lipinski definition) is 2.